The summed E-state index contributed by atoms with van der Waals surface area (Å²) in [7, 11) is 0. The van der Waals surface area contributed by atoms with Gasteiger partial charge >= 0.3 is 0 Å². The third-order valence-electron chi connectivity index (χ3n) is 1.95. The van der Waals surface area contributed by atoms with Gasteiger partial charge in [0.25, 0.3) is 0 Å². The Bertz CT molecular complexity index is 161. The van der Waals surface area contributed by atoms with E-state index in [2.05, 4.69) is 0 Å². The summed E-state index contributed by atoms with van der Waals surface area (Å²) in [5.41, 5.74) is 5.21. The van der Waals surface area contributed by atoms with Crippen molar-refractivity contribution in [2.24, 2.45) is 5.73 Å². The van der Waals surface area contributed by atoms with Crippen LogP contribution in [0.5, 0.6) is 0 Å². The van der Waals surface area contributed by atoms with E-state index in [9.17, 15) is 0 Å². The summed E-state index contributed by atoms with van der Waals surface area (Å²) in [5.74, 6) is -0.0828. The lowest BCUT2D eigenvalue weighted by Gasteiger charge is -2.25. The number of nitrogens with one attached hydrogen (secondary N) is 1. The smallest absolute Gasteiger partial charge is 0.188 e. The fourth-order valence-electron chi connectivity index (χ4n) is 1.40. The number of aliphatic hydroxyl groups excluding tert-OH is 1. The fraction of sp³-hybridized carbons (Fsp3) is 0.857. The van der Waals surface area contributed by atoms with Crippen LogP contribution < -0.4 is 5.73 Å². The van der Waals surface area contributed by atoms with E-state index in [1.165, 1.54) is 4.90 Å². The minimum Gasteiger partial charge on any atom is -0.370 e. The summed E-state index contributed by atoms with van der Waals surface area (Å²) in [6, 6.07) is -0.382. The molecule has 0 amide bonds. The van der Waals surface area contributed by atoms with Gasteiger partial charge in [0.1, 0.15) is 0 Å². The highest BCUT2D eigenvalue weighted by Gasteiger charge is 2.30. The maximum Gasteiger partial charge on any atom is 0.188 e. The van der Waals surface area contributed by atoms with Crippen LogP contribution in [0.1, 0.15) is 20.3 Å². The maximum absolute atomic E-state index is 8.83. The third-order valence-corrected chi connectivity index (χ3v) is 1.95. The molecule has 1 rings (SSSR count). The quantitative estimate of drug-likeness (QED) is 0.240. The van der Waals surface area contributed by atoms with Crippen LogP contribution in [0.15, 0.2) is 0 Å². The minimum atomic E-state index is -1.39. The lowest BCUT2D eigenvalue weighted by atomic mass is 10.2. The highest BCUT2D eigenvalue weighted by Crippen LogP contribution is 2.18. The average molecular weight is 175 g/mol. The lowest BCUT2D eigenvalue weighted by molar-refractivity contribution is -0.0793. The molecule has 1 aliphatic heterocycles. The van der Waals surface area contributed by atoms with Crippen molar-refractivity contribution in [2.45, 2.75) is 32.6 Å². The maximum atomic E-state index is 8.83. The molecule has 5 heteroatoms. The molecule has 0 aromatic heterocycles. The first-order valence-electron chi connectivity index (χ1n) is 3.59. The van der Waals surface area contributed by atoms with Gasteiger partial charge in [0.05, 0.1) is 6.04 Å². The first-order valence-corrected chi connectivity index (χ1v) is 3.59. The van der Waals surface area contributed by atoms with Crippen LogP contribution in [0, 0.1) is 5.41 Å². The molecule has 1 heterocycles. The van der Waals surface area contributed by atoms with Gasteiger partial charge in [0.2, 0.25) is 0 Å². The Morgan fingerprint density at radius 3 is 2.50 bits per heavy atom. The van der Waals surface area contributed by atoms with E-state index in [-0.39, 0.29) is 19.4 Å². The second-order valence-electron chi connectivity index (χ2n) is 2.70. The van der Waals surface area contributed by atoms with Crippen LogP contribution in [-0.2, 0) is 0 Å². The predicted octanol–water partition coefficient (Wildman–Crippen LogP) is -0.709. The van der Waals surface area contributed by atoms with E-state index in [1.54, 1.807) is 0 Å². The molecule has 1 aliphatic rings. The Hall–Kier alpha value is -0.810. The Morgan fingerprint density at radius 2 is 2.17 bits per heavy atom. The standard InChI is InChI=1S/C6H13N3O2.CH4/c7-6(8)9-3-1-2-4(9)5(10)11;/h4-5,10-11H,1-3H2,(H3,7,8);1H4. The molecule has 72 valence electrons. The first-order chi connectivity index (χ1) is 5.13. The van der Waals surface area contributed by atoms with Gasteiger partial charge in [0.15, 0.2) is 12.2 Å². The molecule has 0 saturated carbocycles. The predicted molar refractivity (Wildman–Crippen MR) is 46.6 cm³/mol. The number of nitrogens with two attached hydrogens (primary N) is 1. The van der Waals surface area contributed by atoms with Gasteiger partial charge in [-0.3, -0.25) is 5.41 Å². The third kappa shape index (κ3) is 2.09. The Balaban J connectivity index is 0.00000121. The zero-order valence-corrected chi connectivity index (χ0v) is 6.20. The fourth-order valence-corrected chi connectivity index (χ4v) is 1.40. The highest BCUT2D eigenvalue weighted by atomic mass is 16.5. The molecule has 1 saturated heterocycles. The van der Waals surface area contributed by atoms with Crippen molar-refractivity contribution in [3.8, 4) is 0 Å². The van der Waals surface area contributed by atoms with Crippen molar-refractivity contribution in [1.82, 2.24) is 4.90 Å². The number of nitrogens with zero attached hydrogens (tertiary/aromatic N) is 1. The van der Waals surface area contributed by atoms with Crippen molar-refractivity contribution in [1.29, 1.82) is 5.41 Å². The Labute approximate surface area is 72.3 Å². The zero-order chi connectivity index (χ0) is 8.43. The van der Waals surface area contributed by atoms with Crippen molar-refractivity contribution < 1.29 is 10.2 Å². The number of hydrogen-bond donors (Lipinski definition) is 4. The minimum absolute atomic E-state index is 0. The number of aliphatic hydroxyl groups is 2. The van der Waals surface area contributed by atoms with Crippen LogP contribution in [0.25, 0.3) is 0 Å². The van der Waals surface area contributed by atoms with Crippen LogP contribution >= 0.6 is 0 Å². The molecule has 1 atom stereocenters. The molecular weight excluding hydrogens is 158 g/mol. The average Bonchev–Trinajstić information content (AvgIpc) is 2.32. The molecule has 1 fully saturated rings. The monoisotopic (exact) mass is 175 g/mol. The van der Waals surface area contributed by atoms with Crippen LogP contribution in [0.2, 0.25) is 0 Å². The topological polar surface area (TPSA) is 93.6 Å². The van der Waals surface area contributed by atoms with E-state index < -0.39 is 6.29 Å². The molecule has 0 aromatic carbocycles. The Morgan fingerprint density at radius 1 is 1.58 bits per heavy atom. The molecule has 0 aromatic rings. The lowest BCUT2D eigenvalue weighted by Crippen LogP contribution is -2.45. The van der Waals surface area contributed by atoms with Gasteiger partial charge in [-0.2, -0.15) is 0 Å². The van der Waals surface area contributed by atoms with E-state index in [0.29, 0.717) is 13.0 Å². The summed E-state index contributed by atoms with van der Waals surface area (Å²) in [4.78, 5) is 1.50. The van der Waals surface area contributed by atoms with Gasteiger partial charge in [-0.15, -0.1) is 0 Å². The molecule has 1 unspecified atom stereocenters. The van der Waals surface area contributed by atoms with Gasteiger partial charge < -0.3 is 20.8 Å². The summed E-state index contributed by atoms with van der Waals surface area (Å²) in [6.07, 6.45) is 0.167. The molecule has 0 spiro atoms. The molecule has 5 nitrogen and oxygen atoms in total. The number of guanidine groups is 1. The first kappa shape index (κ1) is 11.2. The van der Waals surface area contributed by atoms with Crippen LogP contribution in [0.4, 0.5) is 0 Å². The van der Waals surface area contributed by atoms with Gasteiger partial charge in [0, 0.05) is 6.54 Å². The van der Waals surface area contributed by atoms with Crippen LogP contribution in [-0.4, -0.2) is 39.9 Å². The molecule has 12 heavy (non-hydrogen) atoms. The van der Waals surface area contributed by atoms with Gasteiger partial charge in [-0.05, 0) is 12.8 Å². The van der Waals surface area contributed by atoms with Gasteiger partial charge in [-0.1, -0.05) is 7.43 Å². The molecule has 0 bridgehead atoms. The second kappa shape index (κ2) is 4.27. The largest absolute Gasteiger partial charge is 0.370 e. The normalized spacial score (nSPS) is 22.6. The number of likely N-dealkylation sites (tertiary alicyclic amines) is 1. The number of rotatable bonds is 1. The second-order valence-corrected chi connectivity index (χ2v) is 2.70. The van der Waals surface area contributed by atoms with Crippen molar-refractivity contribution in [3.63, 3.8) is 0 Å². The van der Waals surface area contributed by atoms with E-state index >= 15 is 0 Å². The molecule has 0 aliphatic carbocycles. The van der Waals surface area contributed by atoms with Crippen LogP contribution in [0.3, 0.4) is 0 Å². The summed E-state index contributed by atoms with van der Waals surface area (Å²) >= 11 is 0. The SMILES string of the molecule is C.N=C(N)N1CCCC1C(O)O. The highest BCUT2D eigenvalue weighted by molar-refractivity contribution is 5.75. The number of hydrogen-bond acceptors (Lipinski definition) is 3. The Kier molecular flexibility index (Phi) is 3.99. The van der Waals surface area contributed by atoms with E-state index in [1.807, 2.05) is 0 Å². The van der Waals surface area contributed by atoms with Gasteiger partial charge in [-0.25, -0.2) is 0 Å². The van der Waals surface area contributed by atoms with Crippen molar-refractivity contribution in [3.05, 3.63) is 0 Å². The summed E-state index contributed by atoms with van der Waals surface area (Å²) in [5, 5.41) is 24.8. The zero-order valence-electron chi connectivity index (χ0n) is 6.20. The van der Waals surface area contributed by atoms with Crippen molar-refractivity contribution >= 4 is 5.96 Å². The summed E-state index contributed by atoms with van der Waals surface area (Å²) < 4.78 is 0. The summed E-state index contributed by atoms with van der Waals surface area (Å²) in [6.45, 7) is 0.650. The molecule has 0 radical (unpaired) electrons. The van der Waals surface area contributed by atoms with Crippen molar-refractivity contribution in [2.75, 3.05) is 6.54 Å². The van der Waals surface area contributed by atoms with E-state index in [0.717, 1.165) is 6.42 Å². The molecular formula is C7H17N3O2. The van der Waals surface area contributed by atoms with E-state index in [4.69, 9.17) is 21.4 Å². The molecule has 5 N–H and O–H groups in total.